The SMILES string of the molecule is CCOCc1nc(N)cc(N(C)Cc2ccoc2)n1. The van der Waals surface area contributed by atoms with Gasteiger partial charge in [-0.1, -0.05) is 0 Å². The quantitative estimate of drug-likeness (QED) is 0.855. The van der Waals surface area contributed by atoms with Gasteiger partial charge in [-0.05, 0) is 13.0 Å². The number of nitrogen functional groups attached to an aromatic ring is 1. The van der Waals surface area contributed by atoms with Gasteiger partial charge in [0.1, 0.15) is 18.2 Å². The molecule has 0 aliphatic carbocycles. The topological polar surface area (TPSA) is 77.4 Å². The molecule has 0 saturated heterocycles. The molecule has 0 bridgehead atoms. The van der Waals surface area contributed by atoms with Crippen LogP contribution in [0.2, 0.25) is 0 Å². The Morgan fingerprint density at radius 1 is 1.42 bits per heavy atom. The Labute approximate surface area is 112 Å². The lowest BCUT2D eigenvalue weighted by atomic mass is 10.3. The molecule has 0 saturated carbocycles. The number of nitrogens with two attached hydrogens (primary N) is 1. The van der Waals surface area contributed by atoms with E-state index in [1.54, 1.807) is 18.6 Å². The molecule has 102 valence electrons. The summed E-state index contributed by atoms with van der Waals surface area (Å²) in [4.78, 5) is 10.6. The summed E-state index contributed by atoms with van der Waals surface area (Å²) in [5.74, 6) is 1.80. The molecule has 6 nitrogen and oxygen atoms in total. The van der Waals surface area contributed by atoms with Crippen LogP contribution in [0.5, 0.6) is 0 Å². The summed E-state index contributed by atoms with van der Waals surface area (Å²) in [6.45, 7) is 3.62. The highest BCUT2D eigenvalue weighted by atomic mass is 16.5. The van der Waals surface area contributed by atoms with Crippen LogP contribution in [0.1, 0.15) is 18.3 Å². The van der Waals surface area contributed by atoms with Crippen molar-refractivity contribution in [1.82, 2.24) is 9.97 Å². The van der Waals surface area contributed by atoms with Gasteiger partial charge in [0.05, 0.1) is 12.5 Å². The highest BCUT2D eigenvalue weighted by Crippen LogP contribution is 2.16. The summed E-state index contributed by atoms with van der Waals surface area (Å²) in [5.41, 5.74) is 6.87. The number of anilines is 2. The van der Waals surface area contributed by atoms with Crippen molar-refractivity contribution in [1.29, 1.82) is 0 Å². The second-order valence-electron chi connectivity index (χ2n) is 4.19. The first-order chi connectivity index (χ1) is 9.19. The lowest BCUT2D eigenvalue weighted by Gasteiger charge is -2.18. The zero-order valence-electron chi connectivity index (χ0n) is 11.2. The van der Waals surface area contributed by atoms with Crippen LogP contribution >= 0.6 is 0 Å². The fraction of sp³-hybridized carbons (Fsp3) is 0.385. The molecule has 2 rings (SSSR count). The molecule has 2 aromatic heterocycles. The third kappa shape index (κ3) is 3.69. The maximum absolute atomic E-state index is 5.79. The summed E-state index contributed by atoms with van der Waals surface area (Å²) < 4.78 is 10.3. The van der Waals surface area contributed by atoms with Crippen molar-refractivity contribution in [2.24, 2.45) is 0 Å². The monoisotopic (exact) mass is 262 g/mol. The zero-order valence-corrected chi connectivity index (χ0v) is 11.2. The summed E-state index contributed by atoms with van der Waals surface area (Å²) in [7, 11) is 1.94. The third-order valence-corrected chi connectivity index (χ3v) is 2.60. The first-order valence-corrected chi connectivity index (χ1v) is 6.12. The number of nitrogens with zero attached hydrogens (tertiary/aromatic N) is 3. The Bertz CT molecular complexity index is 513. The van der Waals surface area contributed by atoms with Gasteiger partial charge < -0.3 is 19.8 Å². The molecule has 2 heterocycles. The molecule has 0 atom stereocenters. The fourth-order valence-electron chi connectivity index (χ4n) is 1.69. The molecule has 0 radical (unpaired) electrons. The van der Waals surface area contributed by atoms with Crippen molar-refractivity contribution in [3.05, 3.63) is 36.0 Å². The third-order valence-electron chi connectivity index (χ3n) is 2.60. The van der Waals surface area contributed by atoms with Gasteiger partial charge in [-0.3, -0.25) is 0 Å². The predicted molar refractivity (Wildman–Crippen MR) is 72.6 cm³/mol. The van der Waals surface area contributed by atoms with Crippen molar-refractivity contribution >= 4 is 11.6 Å². The van der Waals surface area contributed by atoms with E-state index < -0.39 is 0 Å². The van der Waals surface area contributed by atoms with Crippen LogP contribution < -0.4 is 10.6 Å². The molecule has 0 aliphatic heterocycles. The molecule has 2 N–H and O–H groups in total. The molecular weight excluding hydrogens is 244 g/mol. The maximum atomic E-state index is 5.79. The largest absolute Gasteiger partial charge is 0.472 e. The van der Waals surface area contributed by atoms with Gasteiger partial charge in [-0.2, -0.15) is 0 Å². The molecular formula is C13H18N4O2. The molecule has 0 unspecified atom stereocenters. The van der Waals surface area contributed by atoms with E-state index in [4.69, 9.17) is 14.9 Å². The van der Waals surface area contributed by atoms with Crippen LogP contribution in [0.4, 0.5) is 11.6 Å². The number of furan rings is 1. The summed E-state index contributed by atoms with van der Waals surface area (Å²) in [6, 6.07) is 3.66. The van der Waals surface area contributed by atoms with Crippen molar-refractivity contribution in [2.75, 3.05) is 24.3 Å². The molecule has 19 heavy (non-hydrogen) atoms. The standard InChI is InChI=1S/C13H18N4O2/c1-3-18-9-12-15-11(14)6-13(16-12)17(2)7-10-4-5-19-8-10/h4-6,8H,3,7,9H2,1-2H3,(H2,14,15,16). The Morgan fingerprint density at radius 2 is 2.26 bits per heavy atom. The number of ether oxygens (including phenoxy) is 1. The van der Waals surface area contributed by atoms with Crippen molar-refractivity contribution in [2.45, 2.75) is 20.1 Å². The highest BCUT2D eigenvalue weighted by molar-refractivity contribution is 5.46. The van der Waals surface area contributed by atoms with Gasteiger partial charge in [0.25, 0.3) is 0 Å². The molecule has 0 aliphatic rings. The van der Waals surface area contributed by atoms with E-state index in [1.807, 2.05) is 24.9 Å². The number of hydrogen-bond acceptors (Lipinski definition) is 6. The Hall–Kier alpha value is -2.08. The van der Waals surface area contributed by atoms with Crippen LogP contribution in [-0.2, 0) is 17.9 Å². The zero-order chi connectivity index (χ0) is 13.7. The van der Waals surface area contributed by atoms with Crippen LogP contribution in [0.25, 0.3) is 0 Å². The average Bonchev–Trinajstić information content (AvgIpc) is 2.88. The van der Waals surface area contributed by atoms with E-state index in [0.717, 1.165) is 11.4 Å². The number of aromatic nitrogens is 2. The first-order valence-electron chi connectivity index (χ1n) is 6.12. The summed E-state index contributed by atoms with van der Waals surface area (Å²) in [6.07, 6.45) is 3.36. The molecule has 0 amide bonds. The Balaban J connectivity index is 2.11. The van der Waals surface area contributed by atoms with Crippen LogP contribution in [-0.4, -0.2) is 23.6 Å². The smallest absolute Gasteiger partial charge is 0.158 e. The maximum Gasteiger partial charge on any atom is 0.158 e. The van der Waals surface area contributed by atoms with Crippen LogP contribution in [0.15, 0.2) is 29.1 Å². The lowest BCUT2D eigenvalue weighted by molar-refractivity contribution is 0.128. The lowest BCUT2D eigenvalue weighted by Crippen LogP contribution is -2.19. The van der Waals surface area contributed by atoms with Gasteiger partial charge in [-0.25, -0.2) is 9.97 Å². The van der Waals surface area contributed by atoms with Gasteiger partial charge in [0.2, 0.25) is 0 Å². The van der Waals surface area contributed by atoms with Gasteiger partial charge in [0, 0.05) is 31.8 Å². The van der Waals surface area contributed by atoms with E-state index in [1.165, 1.54) is 0 Å². The second-order valence-corrected chi connectivity index (χ2v) is 4.19. The van der Waals surface area contributed by atoms with Gasteiger partial charge in [-0.15, -0.1) is 0 Å². The Kier molecular flexibility index (Phi) is 4.35. The van der Waals surface area contributed by atoms with Gasteiger partial charge in [0.15, 0.2) is 5.82 Å². The molecule has 0 spiro atoms. The highest BCUT2D eigenvalue weighted by Gasteiger charge is 2.08. The van der Waals surface area contributed by atoms with Crippen molar-refractivity contribution in [3.63, 3.8) is 0 Å². The number of hydrogen-bond donors (Lipinski definition) is 1. The van der Waals surface area contributed by atoms with Gasteiger partial charge >= 0.3 is 0 Å². The van der Waals surface area contributed by atoms with E-state index in [9.17, 15) is 0 Å². The Morgan fingerprint density at radius 3 is 2.95 bits per heavy atom. The molecule has 2 aromatic rings. The summed E-state index contributed by atoms with van der Waals surface area (Å²) in [5, 5.41) is 0. The predicted octanol–water partition coefficient (Wildman–Crippen LogP) is 1.82. The number of rotatable bonds is 6. The van der Waals surface area contributed by atoms with Crippen LogP contribution in [0, 0.1) is 0 Å². The van der Waals surface area contributed by atoms with E-state index in [2.05, 4.69) is 9.97 Å². The minimum absolute atomic E-state index is 0.369. The average molecular weight is 262 g/mol. The minimum atomic E-state index is 0.369. The first kappa shape index (κ1) is 13.4. The normalized spacial score (nSPS) is 10.6. The van der Waals surface area contributed by atoms with E-state index in [-0.39, 0.29) is 0 Å². The second kappa shape index (κ2) is 6.19. The van der Waals surface area contributed by atoms with E-state index >= 15 is 0 Å². The van der Waals surface area contributed by atoms with Crippen LogP contribution in [0.3, 0.4) is 0 Å². The van der Waals surface area contributed by atoms with E-state index in [0.29, 0.717) is 31.4 Å². The minimum Gasteiger partial charge on any atom is -0.472 e. The van der Waals surface area contributed by atoms with Crippen molar-refractivity contribution < 1.29 is 9.15 Å². The molecule has 0 aromatic carbocycles. The van der Waals surface area contributed by atoms with Crippen molar-refractivity contribution in [3.8, 4) is 0 Å². The molecule has 0 fully saturated rings. The fourth-order valence-corrected chi connectivity index (χ4v) is 1.69. The molecule has 6 heteroatoms. The summed E-state index contributed by atoms with van der Waals surface area (Å²) >= 11 is 0.